The minimum absolute atomic E-state index is 0.0110. The van der Waals surface area contributed by atoms with Gasteiger partial charge in [-0.15, -0.1) is 0 Å². The molecule has 0 atom stereocenters. The van der Waals surface area contributed by atoms with Crippen molar-refractivity contribution in [3.63, 3.8) is 0 Å². The molecule has 1 aliphatic rings. The Morgan fingerprint density at radius 2 is 2.00 bits per heavy atom. The molecule has 0 spiro atoms. The lowest BCUT2D eigenvalue weighted by molar-refractivity contribution is -0.117. The van der Waals surface area contributed by atoms with Gasteiger partial charge in [0.15, 0.2) is 0 Å². The van der Waals surface area contributed by atoms with Gasteiger partial charge in [-0.25, -0.2) is 8.78 Å². The van der Waals surface area contributed by atoms with Crippen molar-refractivity contribution in [1.82, 2.24) is 9.78 Å². The maximum atomic E-state index is 14.3. The minimum Gasteiger partial charge on any atom is -0.495 e. The zero-order valence-electron chi connectivity index (χ0n) is 17.0. The number of ether oxygens (including phenoxy) is 1. The van der Waals surface area contributed by atoms with E-state index < -0.39 is 17.5 Å². The van der Waals surface area contributed by atoms with E-state index in [0.717, 1.165) is 18.6 Å². The van der Waals surface area contributed by atoms with Gasteiger partial charge in [-0.05, 0) is 36.8 Å². The van der Waals surface area contributed by atoms with Crippen LogP contribution in [0.5, 0.6) is 5.75 Å². The molecule has 2 heterocycles. The number of benzene rings is 2. The van der Waals surface area contributed by atoms with Crippen LogP contribution < -0.4 is 15.0 Å². The molecule has 0 radical (unpaired) electrons. The van der Waals surface area contributed by atoms with Crippen molar-refractivity contribution in [2.75, 3.05) is 23.9 Å². The number of nitrogens with zero attached hydrogens (tertiary/aromatic N) is 3. The molecule has 31 heavy (non-hydrogen) atoms. The van der Waals surface area contributed by atoms with E-state index in [1.807, 2.05) is 0 Å². The lowest BCUT2D eigenvalue weighted by Gasteiger charge is -2.20. The zero-order chi connectivity index (χ0) is 22.1. The Morgan fingerprint density at radius 1 is 1.19 bits per heavy atom. The fraction of sp³-hybridized carbons (Fsp3) is 0.227. The number of carbonyl (C=O) groups excluding carboxylic acids is 2. The minimum atomic E-state index is -0.813. The average Bonchev–Trinajstić information content (AvgIpc) is 3.33. The topological polar surface area (TPSA) is 76.5 Å². The number of hydrogen-bond acceptors (Lipinski definition) is 4. The molecule has 1 fully saturated rings. The fourth-order valence-corrected chi connectivity index (χ4v) is 3.62. The third-order valence-corrected chi connectivity index (χ3v) is 5.06. The summed E-state index contributed by atoms with van der Waals surface area (Å²) in [6.07, 6.45) is 2.67. The van der Waals surface area contributed by atoms with Gasteiger partial charge in [0.05, 0.1) is 18.4 Å². The van der Waals surface area contributed by atoms with Crippen molar-refractivity contribution in [3.8, 4) is 17.0 Å². The second kappa shape index (κ2) is 8.17. The standard InChI is InChI=1S/C22H20F2N4O3/c1-27-12-16(21(26-27)15-7-5-13(23)10-17(15)24)22(30)25-14-6-8-19(31-2)18(11-14)28-9-3-4-20(28)29/h5-8,10-12H,3-4,9H2,1-2H3,(H,25,30). The second-order valence-electron chi connectivity index (χ2n) is 7.18. The highest BCUT2D eigenvalue weighted by Crippen LogP contribution is 2.34. The molecule has 0 aliphatic carbocycles. The van der Waals surface area contributed by atoms with E-state index in [1.54, 1.807) is 30.1 Å². The molecule has 1 aromatic heterocycles. The van der Waals surface area contributed by atoms with Gasteiger partial charge in [-0.2, -0.15) is 5.10 Å². The summed E-state index contributed by atoms with van der Waals surface area (Å²) in [5.41, 5.74) is 1.25. The molecule has 1 aliphatic heterocycles. The average molecular weight is 426 g/mol. The number of amides is 2. The van der Waals surface area contributed by atoms with Crippen LogP contribution in [0.4, 0.5) is 20.2 Å². The molecular formula is C22H20F2N4O3. The van der Waals surface area contributed by atoms with Crippen LogP contribution in [0, 0.1) is 11.6 Å². The number of methoxy groups -OCH3 is 1. The SMILES string of the molecule is COc1ccc(NC(=O)c2cn(C)nc2-c2ccc(F)cc2F)cc1N1CCCC1=O. The van der Waals surface area contributed by atoms with E-state index in [2.05, 4.69) is 10.4 Å². The molecule has 1 saturated heterocycles. The van der Waals surface area contributed by atoms with Gasteiger partial charge in [0.2, 0.25) is 5.91 Å². The summed E-state index contributed by atoms with van der Waals surface area (Å²) in [6, 6.07) is 8.07. The smallest absolute Gasteiger partial charge is 0.259 e. The molecule has 9 heteroatoms. The molecule has 7 nitrogen and oxygen atoms in total. The van der Waals surface area contributed by atoms with E-state index in [1.165, 1.54) is 24.1 Å². The predicted octanol–water partition coefficient (Wildman–Crippen LogP) is 3.75. The summed E-state index contributed by atoms with van der Waals surface area (Å²) in [5, 5.41) is 6.93. The first-order valence-electron chi connectivity index (χ1n) is 9.66. The molecule has 4 rings (SSSR count). The number of aromatic nitrogens is 2. The first-order valence-corrected chi connectivity index (χ1v) is 9.66. The van der Waals surface area contributed by atoms with E-state index in [0.29, 0.717) is 30.1 Å². The summed E-state index contributed by atoms with van der Waals surface area (Å²) in [6.45, 7) is 0.573. The summed E-state index contributed by atoms with van der Waals surface area (Å²) in [4.78, 5) is 26.8. The van der Waals surface area contributed by atoms with Crippen LogP contribution >= 0.6 is 0 Å². The van der Waals surface area contributed by atoms with E-state index in [4.69, 9.17) is 4.74 Å². The van der Waals surface area contributed by atoms with Gasteiger partial charge >= 0.3 is 0 Å². The first-order chi connectivity index (χ1) is 14.9. The molecule has 3 aromatic rings. The number of aryl methyl sites for hydroxylation is 1. The van der Waals surface area contributed by atoms with Crippen molar-refractivity contribution in [3.05, 3.63) is 59.8 Å². The lowest BCUT2D eigenvalue weighted by Crippen LogP contribution is -2.24. The largest absolute Gasteiger partial charge is 0.495 e. The number of rotatable bonds is 5. The van der Waals surface area contributed by atoms with Crippen LogP contribution in [-0.4, -0.2) is 35.2 Å². The van der Waals surface area contributed by atoms with Crippen molar-refractivity contribution < 1.29 is 23.1 Å². The summed E-state index contributed by atoms with van der Waals surface area (Å²) in [5.74, 6) is -1.54. The number of carbonyl (C=O) groups is 2. The van der Waals surface area contributed by atoms with Gasteiger partial charge in [-0.3, -0.25) is 14.3 Å². The molecule has 2 aromatic carbocycles. The maximum Gasteiger partial charge on any atom is 0.259 e. The Balaban J connectivity index is 1.66. The van der Waals surface area contributed by atoms with Gasteiger partial charge in [0.25, 0.3) is 5.91 Å². The molecular weight excluding hydrogens is 406 g/mol. The van der Waals surface area contributed by atoms with Crippen LogP contribution in [0.1, 0.15) is 23.2 Å². The molecule has 2 amide bonds. The first kappa shape index (κ1) is 20.5. The predicted molar refractivity (Wildman–Crippen MR) is 111 cm³/mol. The monoisotopic (exact) mass is 426 g/mol. The highest BCUT2D eigenvalue weighted by molar-refractivity contribution is 6.08. The Labute approximate surface area is 177 Å². The summed E-state index contributed by atoms with van der Waals surface area (Å²) < 4.78 is 34.3. The van der Waals surface area contributed by atoms with E-state index >= 15 is 0 Å². The van der Waals surface area contributed by atoms with Gasteiger partial charge in [-0.1, -0.05) is 0 Å². The highest BCUT2D eigenvalue weighted by Gasteiger charge is 2.25. The van der Waals surface area contributed by atoms with Crippen LogP contribution in [0.2, 0.25) is 0 Å². The third-order valence-electron chi connectivity index (χ3n) is 5.06. The van der Waals surface area contributed by atoms with Gasteiger partial charge in [0, 0.05) is 43.5 Å². The normalized spacial score (nSPS) is 13.5. The highest BCUT2D eigenvalue weighted by atomic mass is 19.1. The van der Waals surface area contributed by atoms with Crippen LogP contribution in [0.25, 0.3) is 11.3 Å². The molecule has 160 valence electrons. The third kappa shape index (κ3) is 3.98. The number of halogens is 2. The van der Waals surface area contributed by atoms with Crippen molar-refractivity contribution >= 4 is 23.2 Å². The van der Waals surface area contributed by atoms with Crippen LogP contribution in [0.15, 0.2) is 42.6 Å². The number of nitrogens with one attached hydrogen (secondary N) is 1. The maximum absolute atomic E-state index is 14.3. The van der Waals surface area contributed by atoms with Crippen LogP contribution in [-0.2, 0) is 11.8 Å². The molecule has 0 saturated carbocycles. The number of hydrogen-bond donors (Lipinski definition) is 1. The number of anilines is 2. The molecule has 0 unspecified atom stereocenters. The quantitative estimate of drug-likeness (QED) is 0.674. The molecule has 1 N–H and O–H groups in total. The van der Waals surface area contributed by atoms with Gasteiger partial charge in [0.1, 0.15) is 23.1 Å². The lowest BCUT2D eigenvalue weighted by atomic mass is 10.1. The zero-order valence-corrected chi connectivity index (χ0v) is 17.0. The fourth-order valence-electron chi connectivity index (χ4n) is 3.62. The Hall–Kier alpha value is -3.75. The summed E-state index contributed by atoms with van der Waals surface area (Å²) >= 11 is 0. The second-order valence-corrected chi connectivity index (χ2v) is 7.18. The Morgan fingerprint density at radius 3 is 2.68 bits per heavy atom. The van der Waals surface area contributed by atoms with Crippen molar-refractivity contribution in [1.29, 1.82) is 0 Å². The van der Waals surface area contributed by atoms with E-state index in [9.17, 15) is 18.4 Å². The van der Waals surface area contributed by atoms with Gasteiger partial charge < -0.3 is 15.0 Å². The van der Waals surface area contributed by atoms with E-state index in [-0.39, 0.29) is 22.7 Å². The molecule has 0 bridgehead atoms. The summed E-state index contributed by atoms with van der Waals surface area (Å²) in [7, 11) is 3.11. The van der Waals surface area contributed by atoms with Crippen molar-refractivity contribution in [2.45, 2.75) is 12.8 Å². The Bertz CT molecular complexity index is 1180. The Kier molecular flexibility index (Phi) is 5.41. The van der Waals surface area contributed by atoms with Crippen molar-refractivity contribution in [2.24, 2.45) is 7.05 Å². The van der Waals surface area contributed by atoms with Crippen LogP contribution in [0.3, 0.4) is 0 Å².